The minimum absolute atomic E-state index is 0.603. The molecule has 2 aromatic rings. The van der Waals surface area contributed by atoms with Gasteiger partial charge in [0.25, 0.3) is 0 Å². The lowest BCUT2D eigenvalue weighted by molar-refractivity contribution is 0.231. The van der Waals surface area contributed by atoms with E-state index < -0.39 is 0 Å². The second-order valence-electron chi connectivity index (χ2n) is 5.56. The summed E-state index contributed by atoms with van der Waals surface area (Å²) in [6, 6.07) is 12.5. The maximum Gasteiger partial charge on any atom is 0.133 e. The van der Waals surface area contributed by atoms with Gasteiger partial charge in [-0.1, -0.05) is 54.7 Å². The molecule has 1 aromatic heterocycles. The van der Waals surface area contributed by atoms with E-state index in [0.29, 0.717) is 6.61 Å². The van der Waals surface area contributed by atoms with Crippen LogP contribution in [0.4, 0.5) is 0 Å². The molecular formula is C20H20N2OS. The fourth-order valence-corrected chi connectivity index (χ4v) is 2.71. The molecule has 0 saturated heterocycles. The molecule has 1 heterocycles. The molecule has 1 aromatic carbocycles. The first kappa shape index (κ1) is 16.6. The maximum absolute atomic E-state index is 5.72. The largest absolute Gasteiger partial charge is 0.491 e. The third kappa shape index (κ3) is 4.60. The van der Waals surface area contributed by atoms with E-state index >= 15 is 0 Å². The van der Waals surface area contributed by atoms with Crippen molar-refractivity contribution in [1.29, 1.82) is 0 Å². The van der Waals surface area contributed by atoms with Gasteiger partial charge >= 0.3 is 0 Å². The summed E-state index contributed by atoms with van der Waals surface area (Å²) in [6.07, 6.45) is 10.5. The molecule has 0 amide bonds. The van der Waals surface area contributed by atoms with Crippen molar-refractivity contribution in [2.24, 2.45) is 0 Å². The molecular weight excluding hydrogens is 316 g/mol. The van der Waals surface area contributed by atoms with Crippen LogP contribution in [-0.4, -0.2) is 23.0 Å². The molecule has 0 fully saturated rings. The molecule has 4 heteroatoms. The zero-order valence-corrected chi connectivity index (χ0v) is 14.3. The minimum atomic E-state index is 0.603. The number of thiocarbonyl (C=S) groups is 1. The summed E-state index contributed by atoms with van der Waals surface area (Å²) in [4.78, 5) is 5.21. The molecule has 1 aliphatic carbocycles. The minimum Gasteiger partial charge on any atom is -0.491 e. The number of rotatable bonds is 7. The fourth-order valence-electron chi connectivity index (χ4n) is 2.49. The molecule has 0 bridgehead atoms. The summed E-state index contributed by atoms with van der Waals surface area (Å²) in [5, 5.41) is 3.38. The summed E-state index contributed by atoms with van der Waals surface area (Å²) >= 11 is 5.27. The number of nitrogens with zero attached hydrogens (tertiary/aromatic N) is 1. The Balaban J connectivity index is 1.46. The third-order valence-electron chi connectivity index (χ3n) is 3.73. The van der Waals surface area contributed by atoms with E-state index in [0.717, 1.165) is 41.3 Å². The standard InChI is InChI=1S/C20H20N2OS/c24-20-9-5-4-8-19(20)23-11-10-21-13-16-12-18(15-22-14-16)17-6-2-1-3-7-17/h1-8,12,14-15,21H,9-11,13H2. The van der Waals surface area contributed by atoms with Crippen LogP contribution in [0, 0.1) is 0 Å². The van der Waals surface area contributed by atoms with Gasteiger partial charge in [-0.3, -0.25) is 4.98 Å². The smallest absolute Gasteiger partial charge is 0.133 e. The predicted molar refractivity (Wildman–Crippen MR) is 102 cm³/mol. The van der Waals surface area contributed by atoms with Crippen molar-refractivity contribution in [2.75, 3.05) is 13.2 Å². The Bertz CT molecular complexity index is 753. The summed E-state index contributed by atoms with van der Waals surface area (Å²) in [5.74, 6) is 0.821. The third-order valence-corrected chi connectivity index (χ3v) is 4.10. The van der Waals surface area contributed by atoms with E-state index in [-0.39, 0.29) is 0 Å². The molecule has 1 aliphatic rings. The van der Waals surface area contributed by atoms with Crippen molar-refractivity contribution in [1.82, 2.24) is 10.3 Å². The second-order valence-corrected chi connectivity index (χ2v) is 6.05. The van der Waals surface area contributed by atoms with Gasteiger partial charge in [-0.2, -0.15) is 0 Å². The highest BCUT2D eigenvalue weighted by Gasteiger charge is 2.07. The van der Waals surface area contributed by atoms with Gasteiger partial charge in [0.15, 0.2) is 0 Å². The molecule has 3 nitrogen and oxygen atoms in total. The zero-order chi connectivity index (χ0) is 16.6. The van der Waals surface area contributed by atoms with Crippen molar-refractivity contribution in [3.63, 3.8) is 0 Å². The van der Waals surface area contributed by atoms with Crippen LogP contribution in [0.15, 0.2) is 72.8 Å². The molecule has 0 saturated carbocycles. The molecule has 24 heavy (non-hydrogen) atoms. The van der Waals surface area contributed by atoms with Crippen molar-refractivity contribution in [3.8, 4) is 11.1 Å². The summed E-state index contributed by atoms with van der Waals surface area (Å²) in [7, 11) is 0. The number of pyridine rings is 1. The highest BCUT2D eigenvalue weighted by Crippen LogP contribution is 2.18. The number of allylic oxidation sites excluding steroid dienone is 4. The monoisotopic (exact) mass is 336 g/mol. The van der Waals surface area contributed by atoms with Gasteiger partial charge in [0.2, 0.25) is 0 Å². The Morgan fingerprint density at radius 2 is 2.00 bits per heavy atom. The number of hydrogen-bond acceptors (Lipinski definition) is 4. The van der Waals surface area contributed by atoms with E-state index in [9.17, 15) is 0 Å². The van der Waals surface area contributed by atoms with E-state index in [1.165, 1.54) is 5.56 Å². The predicted octanol–water partition coefficient (Wildman–Crippen LogP) is 4.07. The Morgan fingerprint density at radius 1 is 1.12 bits per heavy atom. The van der Waals surface area contributed by atoms with Crippen molar-refractivity contribution in [3.05, 3.63) is 78.3 Å². The van der Waals surface area contributed by atoms with E-state index in [1.54, 1.807) is 0 Å². The van der Waals surface area contributed by atoms with Gasteiger partial charge in [0.1, 0.15) is 12.4 Å². The maximum atomic E-state index is 5.72. The van der Waals surface area contributed by atoms with Gasteiger partial charge in [-0.05, 0) is 23.3 Å². The molecule has 0 unspecified atom stereocenters. The van der Waals surface area contributed by atoms with Crippen molar-refractivity contribution in [2.45, 2.75) is 13.0 Å². The van der Waals surface area contributed by atoms with Crippen LogP contribution in [0.3, 0.4) is 0 Å². The lowest BCUT2D eigenvalue weighted by Gasteiger charge is -2.13. The van der Waals surface area contributed by atoms with Crippen LogP contribution < -0.4 is 5.32 Å². The number of hydrogen-bond donors (Lipinski definition) is 1. The van der Waals surface area contributed by atoms with Crippen LogP contribution in [0.2, 0.25) is 0 Å². The summed E-state index contributed by atoms with van der Waals surface area (Å²) in [5.41, 5.74) is 3.48. The lowest BCUT2D eigenvalue weighted by atomic mass is 10.1. The van der Waals surface area contributed by atoms with Gasteiger partial charge in [-0.15, -0.1) is 0 Å². The van der Waals surface area contributed by atoms with E-state index in [4.69, 9.17) is 17.0 Å². The molecule has 0 aliphatic heterocycles. The quantitative estimate of drug-likeness (QED) is 0.610. The van der Waals surface area contributed by atoms with Crippen molar-refractivity contribution >= 4 is 17.1 Å². The molecule has 3 rings (SSSR count). The number of ether oxygens (including phenoxy) is 1. The average molecular weight is 336 g/mol. The lowest BCUT2D eigenvalue weighted by Crippen LogP contribution is -2.20. The first-order chi connectivity index (χ1) is 11.8. The van der Waals surface area contributed by atoms with Crippen LogP contribution in [0.1, 0.15) is 12.0 Å². The Morgan fingerprint density at radius 3 is 2.83 bits per heavy atom. The second kappa shape index (κ2) is 8.52. The van der Waals surface area contributed by atoms with Crippen LogP contribution in [0.5, 0.6) is 0 Å². The molecule has 122 valence electrons. The average Bonchev–Trinajstić information content (AvgIpc) is 2.64. The fraction of sp³-hybridized carbons (Fsp3) is 0.200. The molecule has 0 spiro atoms. The Hall–Kier alpha value is -2.30. The number of benzene rings is 1. The van der Waals surface area contributed by atoms with Gasteiger partial charge in [-0.25, -0.2) is 0 Å². The van der Waals surface area contributed by atoms with Gasteiger partial charge in [0.05, 0.1) is 4.86 Å². The molecule has 0 atom stereocenters. The normalized spacial score (nSPS) is 13.7. The van der Waals surface area contributed by atoms with Crippen LogP contribution >= 0.6 is 12.2 Å². The van der Waals surface area contributed by atoms with Crippen LogP contribution in [-0.2, 0) is 11.3 Å². The van der Waals surface area contributed by atoms with E-state index in [2.05, 4.69) is 28.5 Å². The zero-order valence-electron chi connectivity index (χ0n) is 13.4. The molecule has 1 N–H and O–H groups in total. The summed E-state index contributed by atoms with van der Waals surface area (Å²) < 4.78 is 5.72. The topological polar surface area (TPSA) is 34.1 Å². The van der Waals surface area contributed by atoms with Gasteiger partial charge < -0.3 is 10.1 Å². The number of aromatic nitrogens is 1. The summed E-state index contributed by atoms with van der Waals surface area (Å²) in [6.45, 7) is 2.13. The highest BCUT2D eigenvalue weighted by molar-refractivity contribution is 7.80. The highest BCUT2D eigenvalue weighted by atomic mass is 32.1. The Labute approximate surface area is 148 Å². The SMILES string of the molecule is S=C1CC=CC=C1OCCNCc1cncc(-c2ccccc2)c1. The van der Waals surface area contributed by atoms with E-state index in [1.807, 2.05) is 48.8 Å². The van der Waals surface area contributed by atoms with Gasteiger partial charge in [0, 0.05) is 37.5 Å². The Kier molecular flexibility index (Phi) is 5.88. The number of nitrogens with one attached hydrogen (secondary N) is 1. The van der Waals surface area contributed by atoms with Crippen LogP contribution in [0.25, 0.3) is 11.1 Å². The van der Waals surface area contributed by atoms with Crippen molar-refractivity contribution < 1.29 is 4.74 Å². The first-order valence-electron chi connectivity index (χ1n) is 8.06. The first-order valence-corrected chi connectivity index (χ1v) is 8.46. The molecule has 0 radical (unpaired) electrons.